The fourth-order valence-corrected chi connectivity index (χ4v) is 2.11. The lowest BCUT2D eigenvalue weighted by Gasteiger charge is -2.06. The summed E-state index contributed by atoms with van der Waals surface area (Å²) in [6, 6.07) is 9.27. The maximum Gasteiger partial charge on any atom is 0.261 e. The number of H-pyrrole nitrogens is 1. The van der Waals surface area contributed by atoms with Crippen molar-refractivity contribution in [3.63, 3.8) is 0 Å². The molecule has 0 aliphatic rings. The van der Waals surface area contributed by atoms with Gasteiger partial charge in [-0.2, -0.15) is 0 Å². The maximum atomic E-state index is 13.5. The third-order valence-electron chi connectivity index (χ3n) is 3.21. The van der Waals surface area contributed by atoms with Crippen LogP contribution in [0.4, 0.5) is 14.5 Å². The Morgan fingerprint density at radius 1 is 1.09 bits per heavy atom. The minimum atomic E-state index is -0.766. The van der Waals surface area contributed by atoms with E-state index in [-0.39, 0.29) is 16.6 Å². The molecule has 1 heterocycles. The summed E-state index contributed by atoms with van der Waals surface area (Å²) in [4.78, 5) is 27.1. The number of carbonyl (C=O) groups is 1. The molecule has 2 N–H and O–H groups in total. The Labute approximate surface area is 123 Å². The number of aromatic amines is 1. The molecule has 22 heavy (non-hydrogen) atoms. The van der Waals surface area contributed by atoms with Gasteiger partial charge in [0.2, 0.25) is 5.43 Å². The molecule has 6 heteroatoms. The average molecular weight is 300 g/mol. The van der Waals surface area contributed by atoms with Crippen molar-refractivity contribution in [2.24, 2.45) is 0 Å². The van der Waals surface area contributed by atoms with Crippen LogP contribution in [0.1, 0.15) is 10.4 Å². The third kappa shape index (κ3) is 2.46. The second-order valence-electron chi connectivity index (χ2n) is 4.66. The van der Waals surface area contributed by atoms with Crippen LogP contribution in [-0.4, -0.2) is 10.9 Å². The van der Waals surface area contributed by atoms with Crippen LogP contribution < -0.4 is 10.7 Å². The van der Waals surface area contributed by atoms with Crippen molar-refractivity contribution in [3.05, 3.63) is 76.1 Å². The normalized spacial score (nSPS) is 10.6. The molecule has 4 nitrogen and oxygen atoms in total. The summed E-state index contributed by atoms with van der Waals surface area (Å²) in [7, 11) is 0. The molecule has 0 radical (unpaired) electrons. The van der Waals surface area contributed by atoms with Gasteiger partial charge in [-0.15, -0.1) is 0 Å². The monoisotopic (exact) mass is 300 g/mol. The topological polar surface area (TPSA) is 62.0 Å². The molecule has 110 valence electrons. The molecule has 3 aromatic rings. The lowest BCUT2D eigenvalue weighted by Crippen LogP contribution is -2.22. The molecule has 0 saturated heterocycles. The van der Waals surface area contributed by atoms with Gasteiger partial charge in [0.05, 0.1) is 5.69 Å². The number of pyridine rings is 1. The average Bonchev–Trinajstić information content (AvgIpc) is 2.50. The van der Waals surface area contributed by atoms with Crippen LogP contribution in [0.3, 0.4) is 0 Å². The van der Waals surface area contributed by atoms with E-state index in [1.165, 1.54) is 36.5 Å². The van der Waals surface area contributed by atoms with Gasteiger partial charge in [-0.25, -0.2) is 8.78 Å². The summed E-state index contributed by atoms with van der Waals surface area (Å²) < 4.78 is 26.8. The highest BCUT2D eigenvalue weighted by Crippen LogP contribution is 2.14. The molecule has 0 fully saturated rings. The summed E-state index contributed by atoms with van der Waals surface area (Å²) in [6.45, 7) is 0. The lowest BCUT2D eigenvalue weighted by molar-refractivity contribution is 0.102. The predicted octanol–water partition coefficient (Wildman–Crippen LogP) is 3.06. The molecular weight excluding hydrogens is 290 g/mol. The van der Waals surface area contributed by atoms with Gasteiger partial charge in [-0.3, -0.25) is 9.59 Å². The first kappa shape index (κ1) is 13.9. The van der Waals surface area contributed by atoms with E-state index in [0.29, 0.717) is 5.52 Å². The van der Waals surface area contributed by atoms with Crippen LogP contribution >= 0.6 is 0 Å². The van der Waals surface area contributed by atoms with Crippen molar-refractivity contribution in [1.82, 2.24) is 4.98 Å². The summed E-state index contributed by atoms with van der Waals surface area (Å²) >= 11 is 0. The van der Waals surface area contributed by atoms with Crippen LogP contribution in [0.5, 0.6) is 0 Å². The number of carbonyl (C=O) groups excluding carboxylic acids is 1. The van der Waals surface area contributed by atoms with E-state index >= 15 is 0 Å². The van der Waals surface area contributed by atoms with Crippen molar-refractivity contribution >= 4 is 22.5 Å². The zero-order valence-electron chi connectivity index (χ0n) is 11.2. The Morgan fingerprint density at radius 2 is 1.86 bits per heavy atom. The Kier molecular flexibility index (Phi) is 3.42. The number of para-hydroxylation sites is 1. The minimum absolute atomic E-state index is 0.0359. The van der Waals surface area contributed by atoms with Gasteiger partial charge in [0.25, 0.3) is 5.91 Å². The van der Waals surface area contributed by atoms with Crippen LogP contribution in [0, 0.1) is 11.6 Å². The number of halogens is 2. The van der Waals surface area contributed by atoms with Gasteiger partial charge in [0.15, 0.2) is 0 Å². The number of aromatic nitrogens is 1. The van der Waals surface area contributed by atoms with E-state index in [1.807, 2.05) is 0 Å². The number of hydrogen-bond acceptors (Lipinski definition) is 2. The quantitative estimate of drug-likeness (QED) is 0.764. The second-order valence-corrected chi connectivity index (χ2v) is 4.66. The molecule has 1 aromatic heterocycles. The zero-order valence-corrected chi connectivity index (χ0v) is 11.2. The summed E-state index contributed by atoms with van der Waals surface area (Å²) in [5, 5.41) is 2.38. The Balaban J connectivity index is 2.03. The third-order valence-corrected chi connectivity index (χ3v) is 3.21. The van der Waals surface area contributed by atoms with Crippen molar-refractivity contribution < 1.29 is 13.6 Å². The number of fused-ring (bicyclic) bond motifs is 1. The van der Waals surface area contributed by atoms with Crippen LogP contribution in [-0.2, 0) is 0 Å². The molecule has 2 aromatic carbocycles. The fourth-order valence-electron chi connectivity index (χ4n) is 2.11. The number of amides is 1. The van der Waals surface area contributed by atoms with Crippen LogP contribution in [0.15, 0.2) is 53.5 Å². The molecule has 0 saturated carbocycles. The number of anilines is 1. The largest absolute Gasteiger partial charge is 0.360 e. The van der Waals surface area contributed by atoms with Crippen molar-refractivity contribution in [1.29, 1.82) is 0 Å². The highest BCUT2D eigenvalue weighted by molar-refractivity contribution is 6.05. The van der Waals surface area contributed by atoms with Gasteiger partial charge in [-0.05, 0) is 30.3 Å². The van der Waals surface area contributed by atoms with Gasteiger partial charge >= 0.3 is 0 Å². The van der Waals surface area contributed by atoms with Gasteiger partial charge in [0, 0.05) is 17.1 Å². The highest BCUT2D eigenvalue weighted by atomic mass is 19.1. The first-order valence-electron chi connectivity index (χ1n) is 6.43. The first-order chi connectivity index (χ1) is 10.6. The summed E-state index contributed by atoms with van der Waals surface area (Å²) in [6.07, 6.45) is 1.22. The van der Waals surface area contributed by atoms with Crippen LogP contribution in [0.2, 0.25) is 0 Å². The molecule has 0 spiro atoms. The molecular formula is C16H10F2N2O2. The van der Waals surface area contributed by atoms with Gasteiger partial charge in [-0.1, -0.05) is 12.1 Å². The molecule has 0 unspecified atom stereocenters. The Hall–Kier alpha value is -3.02. The first-order valence-corrected chi connectivity index (χ1v) is 6.43. The van der Waals surface area contributed by atoms with Crippen LogP contribution in [0.25, 0.3) is 10.9 Å². The minimum Gasteiger partial charge on any atom is -0.360 e. The smallest absolute Gasteiger partial charge is 0.261 e. The lowest BCUT2D eigenvalue weighted by atomic mass is 10.1. The predicted molar refractivity (Wildman–Crippen MR) is 78.9 cm³/mol. The summed E-state index contributed by atoms with van der Waals surface area (Å²) in [5.41, 5.74) is -0.469. The Morgan fingerprint density at radius 3 is 2.64 bits per heavy atom. The van der Waals surface area contributed by atoms with E-state index in [1.54, 1.807) is 6.07 Å². The molecule has 3 rings (SSSR count). The van der Waals surface area contributed by atoms with E-state index in [0.717, 1.165) is 6.07 Å². The SMILES string of the molecule is O=C(Nc1ccccc1F)c1c[nH]c2ccc(F)cc2c1=O. The number of benzene rings is 2. The molecule has 0 atom stereocenters. The van der Waals surface area contributed by atoms with Crippen molar-refractivity contribution in [2.45, 2.75) is 0 Å². The van der Waals surface area contributed by atoms with Gasteiger partial charge in [0.1, 0.15) is 17.2 Å². The number of hydrogen-bond donors (Lipinski definition) is 2. The molecule has 0 aliphatic carbocycles. The van der Waals surface area contributed by atoms with E-state index in [2.05, 4.69) is 10.3 Å². The number of nitrogens with one attached hydrogen (secondary N) is 2. The summed E-state index contributed by atoms with van der Waals surface area (Å²) in [5.74, 6) is -1.96. The fraction of sp³-hybridized carbons (Fsp3) is 0. The van der Waals surface area contributed by atoms with Gasteiger partial charge < -0.3 is 10.3 Å². The highest BCUT2D eigenvalue weighted by Gasteiger charge is 2.15. The van der Waals surface area contributed by atoms with E-state index in [9.17, 15) is 18.4 Å². The maximum absolute atomic E-state index is 13.5. The molecule has 0 bridgehead atoms. The van der Waals surface area contributed by atoms with Crippen molar-refractivity contribution in [3.8, 4) is 0 Å². The number of rotatable bonds is 2. The molecule has 0 aliphatic heterocycles. The van der Waals surface area contributed by atoms with E-state index < -0.39 is 23.0 Å². The Bertz CT molecular complexity index is 935. The standard InChI is InChI=1S/C16H10F2N2O2/c17-9-5-6-13-10(7-9)15(21)11(8-19-13)16(22)20-14-4-2-1-3-12(14)18/h1-8H,(H,19,21)(H,20,22). The van der Waals surface area contributed by atoms with E-state index in [4.69, 9.17) is 0 Å². The van der Waals surface area contributed by atoms with Crippen molar-refractivity contribution in [2.75, 3.05) is 5.32 Å². The second kappa shape index (κ2) is 5.40. The zero-order chi connectivity index (χ0) is 15.7. The molecule has 1 amide bonds.